The van der Waals surface area contributed by atoms with E-state index in [9.17, 15) is 18.0 Å². The summed E-state index contributed by atoms with van der Waals surface area (Å²) in [6.07, 6.45) is 0.0688. The number of hydrogen-bond acceptors (Lipinski definition) is 4. The molecule has 1 heterocycles. The number of carboxylic acid groups (broad SMARTS) is 1. The molecule has 142 valence electrons. The molecule has 0 aromatic heterocycles. The topological polar surface area (TPSA) is 104 Å². The summed E-state index contributed by atoms with van der Waals surface area (Å²) in [5.74, 6) is -1.27. The molecule has 8 heteroatoms. The number of carbonyl (C=O) groups excluding carboxylic acids is 1. The van der Waals surface area contributed by atoms with Gasteiger partial charge in [0.2, 0.25) is 15.9 Å². The lowest BCUT2D eigenvalue weighted by molar-refractivity contribution is -0.117. The average Bonchev–Trinajstić information content (AvgIpc) is 2.97. The second-order valence-electron chi connectivity index (χ2n) is 6.62. The van der Waals surface area contributed by atoms with Crippen LogP contribution in [0.1, 0.15) is 27.9 Å². The summed E-state index contributed by atoms with van der Waals surface area (Å²) in [5, 5.41) is 8.90. The van der Waals surface area contributed by atoms with Gasteiger partial charge in [-0.05, 0) is 61.4 Å². The predicted octanol–water partition coefficient (Wildman–Crippen LogP) is 2.09. The molecule has 0 radical (unpaired) electrons. The van der Waals surface area contributed by atoms with E-state index in [0.717, 1.165) is 16.8 Å². The Kier molecular flexibility index (Phi) is 5.03. The molecule has 27 heavy (non-hydrogen) atoms. The zero-order valence-corrected chi connectivity index (χ0v) is 15.8. The van der Waals surface area contributed by atoms with Crippen molar-refractivity contribution in [2.75, 3.05) is 11.4 Å². The fraction of sp³-hybridized carbons (Fsp3) is 0.263. The molecule has 7 nitrogen and oxygen atoms in total. The second-order valence-corrected chi connectivity index (χ2v) is 8.34. The third-order valence-electron chi connectivity index (χ3n) is 4.66. The number of aryl methyl sites for hydroxylation is 2. The number of hydrogen-bond donors (Lipinski definition) is 2. The fourth-order valence-electron chi connectivity index (χ4n) is 2.99. The third-order valence-corrected chi connectivity index (χ3v) is 6.20. The van der Waals surface area contributed by atoms with Crippen LogP contribution >= 0.6 is 0 Å². The van der Waals surface area contributed by atoms with Crippen LogP contribution in [0.5, 0.6) is 0 Å². The summed E-state index contributed by atoms with van der Waals surface area (Å²) < 4.78 is 27.6. The standard InChI is InChI=1S/C19H20N2O5S/c1-12-3-6-16(9-13(12)2)21-11-15(10-18(21)22)20-27(25,26)17-7-4-14(5-8-17)19(23)24/h3-9,15,20H,10-11H2,1-2H3,(H,23,24). The molecule has 1 aliphatic rings. The minimum Gasteiger partial charge on any atom is -0.478 e. The van der Waals surface area contributed by atoms with E-state index in [-0.39, 0.29) is 29.3 Å². The van der Waals surface area contributed by atoms with Crippen molar-refractivity contribution in [1.82, 2.24) is 4.72 Å². The van der Waals surface area contributed by atoms with Crippen molar-refractivity contribution in [2.45, 2.75) is 31.2 Å². The molecule has 2 aromatic carbocycles. The Labute approximate surface area is 157 Å². The minimum absolute atomic E-state index is 0.00547. The Bertz CT molecular complexity index is 999. The summed E-state index contributed by atoms with van der Waals surface area (Å²) in [7, 11) is -3.85. The zero-order valence-electron chi connectivity index (χ0n) is 15.0. The van der Waals surface area contributed by atoms with Crippen LogP contribution in [0, 0.1) is 13.8 Å². The van der Waals surface area contributed by atoms with Crippen LogP contribution < -0.4 is 9.62 Å². The van der Waals surface area contributed by atoms with Crippen molar-refractivity contribution in [3.05, 3.63) is 59.2 Å². The summed E-state index contributed by atoms with van der Waals surface area (Å²) in [6.45, 7) is 4.19. The average molecular weight is 388 g/mol. The first-order valence-corrected chi connectivity index (χ1v) is 9.89. The quantitative estimate of drug-likeness (QED) is 0.816. The van der Waals surface area contributed by atoms with Gasteiger partial charge in [-0.25, -0.2) is 17.9 Å². The highest BCUT2D eigenvalue weighted by molar-refractivity contribution is 7.89. The molecule has 3 rings (SSSR count). The van der Waals surface area contributed by atoms with Gasteiger partial charge >= 0.3 is 5.97 Å². The minimum atomic E-state index is -3.85. The number of carboxylic acids is 1. The van der Waals surface area contributed by atoms with Gasteiger partial charge in [0.25, 0.3) is 0 Å². The van der Waals surface area contributed by atoms with Crippen molar-refractivity contribution in [1.29, 1.82) is 0 Å². The van der Waals surface area contributed by atoms with E-state index in [0.29, 0.717) is 0 Å². The lowest BCUT2D eigenvalue weighted by Gasteiger charge is -2.18. The van der Waals surface area contributed by atoms with Crippen molar-refractivity contribution in [3.63, 3.8) is 0 Å². The smallest absolute Gasteiger partial charge is 0.335 e. The highest BCUT2D eigenvalue weighted by Gasteiger charge is 2.33. The number of aromatic carboxylic acids is 1. The van der Waals surface area contributed by atoms with Crippen molar-refractivity contribution in [3.8, 4) is 0 Å². The molecule has 1 atom stereocenters. The van der Waals surface area contributed by atoms with Crippen LogP contribution in [-0.4, -0.2) is 38.0 Å². The first-order valence-electron chi connectivity index (χ1n) is 8.41. The molecule has 2 aromatic rings. The second kappa shape index (κ2) is 7.13. The molecule has 1 amide bonds. The first-order chi connectivity index (χ1) is 12.7. The number of sulfonamides is 1. The number of amides is 1. The van der Waals surface area contributed by atoms with E-state index in [1.54, 1.807) is 4.90 Å². The number of nitrogens with one attached hydrogen (secondary N) is 1. The normalized spacial score (nSPS) is 17.3. The highest BCUT2D eigenvalue weighted by Crippen LogP contribution is 2.25. The summed E-state index contributed by atoms with van der Waals surface area (Å²) >= 11 is 0. The van der Waals surface area contributed by atoms with E-state index in [1.165, 1.54) is 24.3 Å². The summed E-state index contributed by atoms with van der Waals surface area (Å²) in [6, 6.07) is 10.1. The summed E-state index contributed by atoms with van der Waals surface area (Å²) in [4.78, 5) is 24.8. The molecular formula is C19H20N2O5S. The molecule has 1 unspecified atom stereocenters. The lowest BCUT2D eigenvalue weighted by atomic mass is 10.1. The van der Waals surface area contributed by atoms with Crippen LogP contribution in [0.3, 0.4) is 0 Å². The van der Waals surface area contributed by atoms with Crippen LogP contribution in [0.25, 0.3) is 0 Å². The van der Waals surface area contributed by atoms with E-state index < -0.39 is 22.0 Å². The Morgan fingerprint density at radius 2 is 1.78 bits per heavy atom. The highest BCUT2D eigenvalue weighted by atomic mass is 32.2. The maximum Gasteiger partial charge on any atom is 0.335 e. The molecule has 2 N–H and O–H groups in total. The third kappa shape index (κ3) is 4.01. The summed E-state index contributed by atoms with van der Waals surface area (Å²) in [5.41, 5.74) is 2.93. The van der Waals surface area contributed by atoms with Gasteiger partial charge in [-0.3, -0.25) is 4.79 Å². The first kappa shape index (κ1) is 19.1. The molecule has 1 saturated heterocycles. The predicted molar refractivity (Wildman–Crippen MR) is 100 cm³/mol. The van der Waals surface area contributed by atoms with E-state index in [1.807, 2.05) is 32.0 Å². The van der Waals surface area contributed by atoms with Crippen LogP contribution in [0.15, 0.2) is 47.4 Å². The maximum atomic E-state index is 12.5. The largest absolute Gasteiger partial charge is 0.478 e. The van der Waals surface area contributed by atoms with Crippen molar-refractivity contribution >= 4 is 27.6 Å². The molecule has 0 bridgehead atoms. The SMILES string of the molecule is Cc1ccc(N2CC(NS(=O)(=O)c3ccc(C(=O)O)cc3)CC2=O)cc1C. The van der Waals surface area contributed by atoms with Crippen molar-refractivity contribution in [2.24, 2.45) is 0 Å². The van der Waals surface area contributed by atoms with Gasteiger partial charge in [-0.2, -0.15) is 0 Å². The van der Waals surface area contributed by atoms with Gasteiger partial charge in [-0.15, -0.1) is 0 Å². The molecule has 0 saturated carbocycles. The maximum absolute atomic E-state index is 12.5. The number of benzene rings is 2. The fourth-order valence-corrected chi connectivity index (χ4v) is 4.22. The van der Waals surface area contributed by atoms with Gasteiger partial charge in [0.1, 0.15) is 0 Å². The van der Waals surface area contributed by atoms with Crippen LogP contribution in [-0.2, 0) is 14.8 Å². The molecule has 0 spiro atoms. The van der Waals surface area contributed by atoms with E-state index in [4.69, 9.17) is 5.11 Å². The number of anilines is 1. The number of carbonyl (C=O) groups is 2. The lowest BCUT2D eigenvalue weighted by Crippen LogP contribution is -2.37. The number of rotatable bonds is 5. The van der Waals surface area contributed by atoms with E-state index >= 15 is 0 Å². The Morgan fingerprint density at radius 1 is 1.11 bits per heavy atom. The van der Waals surface area contributed by atoms with Crippen LogP contribution in [0.2, 0.25) is 0 Å². The molecular weight excluding hydrogens is 368 g/mol. The van der Waals surface area contributed by atoms with Gasteiger partial charge in [-0.1, -0.05) is 6.07 Å². The van der Waals surface area contributed by atoms with Crippen LogP contribution in [0.4, 0.5) is 5.69 Å². The van der Waals surface area contributed by atoms with Gasteiger partial charge in [0.05, 0.1) is 10.5 Å². The molecule has 1 aliphatic heterocycles. The Morgan fingerprint density at radius 3 is 2.37 bits per heavy atom. The van der Waals surface area contributed by atoms with Crippen molar-refractivity contribution < 1.29 is 23.1 Å². The zero-order chi connectivity index (χ0) is 19.8. The van der Waals surface area contributed by atoms with E-state index in [2.05, 4.69) is 4.72 Å². The molecule has 1 fully saturated rings. The van der Waals surface area contributed by atoms with Gasteiger partial charge in [0, 0.05) is 24.7 Å². The Hall–Kier alpha value is -2.71. The monoisotopic (exact) mass is 388 g/mol. The molecule has 0 aliphatic carbocycles. The number of nitrogens with zero attached hydrogens (tertiary/aromatic N) is 1. The van der Waals surface area contributed by atoms with Gasteiger partial charge in [0.15, 0.2) is 0 Å². The van der Waals surface area contributed by atoms with Gasteiger partial charge < -0.3 is 10.0 Å². The Balaban J connectivity index is 1.75.